The zero-order valence-electron chi connectivity index (χ0n) is 10.2. The summed E-state index contributed by atoms with van der Waals surface area (Å²) < 4.78 is 27.0. The van der Waals surface area contributed by atoms with Crippen LogP contribution in [0.15, 0.2) is 12.7 Å². The average molecular weight is 293 g/mol. The van der Waals surface area contributed by atoms with Crippen molar-refractivity contribution in [3.8, 4) is 0 Å². The maximum atomic E-state index is 11.2. The number of aliphatic carboxylic acids is 1. The molecule has 1 aliphatic heterocycles. The molecule has 0 spiro atoms. The molecule has 0 aromatic heterocycles. The highest BCUT2D eigenvalue weighted by atomic mass is 32.2. The van der Waals surface area contributed by atoms with Gasteiger partial charge in [-0.05, 0) is 6.42 Å². The third-order valence-corrected chi connectivity index (χ3v) is 3.43. The fraction of sp³-hybridized carbons (Fsp3) is 0.600. The first-order valence-electron chi connectivity index (χ1n) is 5.39. The number of likely N-dealkylation sites (tertiary alicyclic amines) is 1. The molecule has 0 bridgehead atoms. The minimum absolute atomic E-state index is 0.140. The van der Waals surface area contributed by atoms with Crippen LogP contribution in [0.1, 0.15) is 6.42 Å². The van der Waals surface area contributed by atoms with Gasteiger partial charge in [-0.2, -0.15) is 8.42 Å². The number of carbonyl (C=O) groups is 2. The number of nitrogens with zero attached hydrogens (tertiary/aromatic N) is 1. The lowest BCUT2D eigenvalue weighted by Crippen LogP contribution is -2.42. The second-order valence-electron chi connectivity index (χ2n) is 4.25. The molecule has 1 amide bonds. The van der Waals surface area contributed by atoms with Gasteiger partial charge < -0.3 is 10.2 Å². The van der Waals surface area contributed by atoms with E-state index in [-0.39, 0.29) is 13.0 Å². The molecule has 1 saturated heterocycles. The van der Waals surface area contributed by atoms with Gasteiger partial charge in [0, 0.05) is 5.92 Å². The zero-order valence-corrected chi connectivity index (χ0v) is 11.0. The van der Waals surface area contributed by atoms with E-state index in [1.54, 1.807) is 0 Å². The molecule has 1 aliphatic rings. The molecule has 0 aromatic rings. The Morgan fingerprint density at radius 1 is 1.47 bits per heavy atom. The van der Waals surface area contributed by atoms with E-state index in [9.17, 15) is 18.0 Å². The second-order valence-corrected chi connectivity index (χ2v) is 5.85. The minimum Gasteiger partial charge on any atom is -0.480 e. The summed E-state index contributed by atoms with van der Waals surface area (Å²) in [6.07, 6.45) is -0.0749. The van der Waals surface area contributed by atoms with Crippen molar-refractivity contribution in [1.29, 1.82) is 0 Å². The van der Waals surface area contributed by atoms with Gasteiger partial charge in [0.15, 0.2) is 0 Å². The Labute approximate surface area is 110 Å². The van der Waals surface area contributed by atoms with Crippen molar-refractivity contribution < 1.29 is 32.4 Å². The molecule has 3 atom stereocenters. The van der Waals surface area contributed by atoms with Crippen molar-refractivity contribution in [3.05, 3.63) is 12.7 Å². The van der Waals surface area contributed by atoms with Crippen molar-refractivity contribution in [2.24, 2.45) is 5.92 Å². The third kappa shape index (κ3) is 3.67. The first kappa shape index (κ1) is 15.4. The molecule has 2 N–H and O–H groups in total. The number of amides is 1. The van der Waals surface area contributed by atoms with Crippen LogP contribution >= 0.6 is 0 Å². The van der Waals surface area contributed by atoms with E-state index in [1.807, 2.05) is 0 Å². The van der Waals surface area contributed by atoms with E-state index >= 15 is 0 Å². The van der Waals surface area contributed by atoms with Gasteiger partial charge >= 0.3 is 12.1 Å². The van der Waals surface area contributed by atoms with Gasteiger partial charge in [-0.15, -0.1) is 6.58 Å². The topological polar surface area (TPSA) is 121 Å². The third-order valence-electron chi connectivity index (χ3n) is 2.83. The van der Waals surface area contributed by atoms with Gasteiger partial charge in [0.25, 0.3) is 10.1 Å². The predicted molar refractivity (Wildman–Crippen MR) is 64.2 cm³/mol. The van der Waals surface area contributed by atoms with Gasteiger partial charge in [-0.25, -0.2) is 9.59 Å². The molecule has 0 saturated carbocycles. The Hall–Kier alpha value is -1.61. The Kier molecular flexibility index (Phi) is 4.53. The van der Waals surface area contributed by atoms with Gasteiger partial charge in [0.05, 0.1) is 12.8 Å². The summed E-state index contributed by atoms with van der Waals surface area (Å²) in [6, 6.07) is -1.35. The maximum Gasteiger partial charge on any atom is 0.408 e. The first-order valence-corrected chi connectivity index (χ1v) is 7.20. The fourth-order valence-electron chi connectivity index (χ4n) is 2.19. The van der Waals surface area contributed by atoms with Crippen LogP contribution in [0.4, 0.5) is 4.79 Å². The molecule has 0 radical (unpaired) electrons. The van der Waals surface area contributed by atoms with E-state index in [0.717, 1.165) is 6.26 Å². The fourth-order valence-corrected chi connectivity index (χ4v) is 2.84. The maximum absolute atomic E-state index is 11.2. The summed E-state index contributed by atoms with van der Waals surface area (Å²) in [5.41, 5.74) is 0. The highest BCUT2D eigenvalue weighted by molar-refractivity contribution is 7.86. The van der Waals surface area contributed by atoms with Crippen LogP contribution in [0.3, 0.4) is 0 Å². The normalized spacial score (nSPS) is 27.2. The lowest BCUT2D eigenvalue weighted by atomic mass is 9.94. The molecular weight excluding hydrogens is 278 g/mol. The van der Waals surface area contributed by atoms with Gasteiger partial charge in [0.2, 0.25) is 0 Å². The van der Waals surface area contributed by atoms with Crippen LogP contribution < -0.4 is 0 Å². The molecule has 0 aliphatic carbocycles. The van der Waals surface area contributed by atoms with E-state index < -0.39 is 40.2 Å². The van der Waals surface area contributed by atoms with Crippen LogP contribution in [-0.2, 0) is 19.1 Å². The summed E-state index contributed by atoms with van der Waals surface area (Å²) in [4.78, 5) is 22.9. The monoisotopic (exact) mass is 293 g/mol. The lowest BCUT2D eigenvalue weighted by molar-refractivity contribution is -0.143. The summed E-state index contributed by atoms with van der Waals surface area (Å²) in [5, 5.41) is 18.1. The van der Waals surface area contributed by atoms with Gasteiger partial charge in [-0.1, -0.05) is 6.08 Å². The highest BCUT2D eigenvalue weighted by Gasteiger charge is 2.49. The predicted octanol–water partition coefficient (Wildman–Crippen LogP) is -0.0297. The quantitative estimate of drug-likeness (QED) is 0.539. The molecule has 9 heteroatoms. The number of carboxylic acid groups (broad SMARTS) is 2. The number of hydrogen-bond donors (Lipinski definition) is 2. The molecule has 8 nitrogen and oxygen atoms in total. The van der Waals surface area contributed by atoms with Crippen molar-refractivity contribution in [3.63, 3.8) is 0 Å². The van der Waals surface area contributed by atoms with Crippen LogP contribution in [-0.4, -0.2) is 60.5 Å². The van der Waals surface area contributed by atoms with Crippen molar-refractivity contribution in [2.45, 2.75) is 18.6 Å². The molecule has 1 heterocycles. The number of allylic oxidation sites excluding steroid dienone is 1. The largest absolute Gasteiger partial charge is 0.480 e. The first-order chi connectivity index (χ1) is 8.67. The van der Waals surface area contributed by atoms with Crippen molar-refractivity contribution in [1.82, 2.24) is 4.90 Å². The smallest absolute Gasteiger partial charge is 0.408 e. The average Bonchev–Trinajstić information content (AvgIpc) is 2.55. The zero-order chi connectivity index (χ0) is 14.8. The Balaban J connectivity index is 3.08. The van der Waals surface area contributed by atoms with E-state index in [2.05, 4.69) is 6.58 Å². The molecule has 2 unspecified atom stereocenters. The Morgan fingerprint density at radius 2 is 2.05 bits per heavy atom. The summed E-state index contributed by atoms with van der Waals surface area (Å²) in [7, 11) is -3.80. The summed E-state index contributed by atoms with van der Waals surface area (Å²) in [6.45, 7) is 3.15. The lowest BCUT2D eigenvalue weighted by Gasteiger charge is -2.21. The van der Waals surface area contributed by atoms with E-state index in [1.165, 1.54) is 6.08 Å². The number of hydrogen-bond acceptors (Lipinski definition) is 5. The number of rotatable bonds is 5. The molecular formula is C10H15NO7S. The Bertz CT molecular complexity index is 486. The SMILES string of the molecule is C=CCC1C(OS(C)(=O)=O)CN(C(=O)O)[C@@H]1C(=O)O. The minimum atomic E-state index is -3.80. The molecule has 1 fully saturated rings. The van der Waals surface area contributed by atoms with Crippen molar-refractivity contribution in [2.75, 3.05) is 12.8 Å². The van der Waals surface area contributed by atoms with Crippen LogP contribution in [0, 0.1) is 5.92 Å². The summed E-state index contributed by atoms with van der Waals surface area (Å²) >= 11 is 0. The Morgan fingerprint density at radius 3 is 2.42 bits per heavy atom. The molecule has 108 valence electrons. The molecule has 0 aromatic carbocycles. The number of carboxylic acids is 1. The van der Waals surface area contributed by atoms with E-state index in [4.69, 9.17) is 14.4 Å². The van der Waals surface area contributed by atoms with Crippen molar-refractivity contribution >= 4 is 22.2 Å². The van der Waals surface area contributed by atoms with Crippen LogP contribution in [0.25, 0.3) is 0 Å². The van der Waals surface area contributed by atoms with Gasteiger partial charge in [0.1, 0.15) is 12.1 Å². The van der Waals surface area contributed by atoms with E-state index in [0.29, 0.717) is 4.90 Å². The second kappa shape index (κ2) is 5.57. The van der Waals surface area contributed by atoms with Gasteiger partial charge in [-0.3, -0.25) is 9.08 Å². The highest BCUT2D eigenvalue weighted by Crippen LogP contribution is 2.31. The van der Waals surface area contributed by atoms with Crippen LogP contribution in [0.2, 0.25) is 0 Å². The summed E-state index contributed by atoms with van der Waals surface area (Å²) in [5.74, 6) is -2.13. The molecule has 19 heavy (non-hydrogen) atoms. The van der Waals surface area contributed by atoms with Crippen LogP contribution in [0.5, 0.6) is 0 Å². The standard InChI is InChI=1S/C10H15NO7S/c1-3-4-6-7(18-19(2,16)17)5-11(10(14)15)8(6)9(12)13/h3,6-8H,1,4-5H2,2H3,(H,12,13)(H,14,15)/t6?,7?,8-/m0/s1. The molecule has 1 rings (SSSR count).